The summed E-state index contributed by atoms with van der Waals surface area (Å²) >= 11 is 0. The van der Waals surface area contributed by atoms with Gasteiger partial charge in [-0.25, -0.2) is 0 Å². The number of benzene rings is 2. The van der Waals surface area contributed by atoms with Gasteiger partial charge < -0.3 is 9.84 Å². The zero-order valence-electron chi connectivity index (χ0n) is 12.3. The lowest BCUT2D eigenvalue weighted by molar-refractivity contribution is -0.152. The van der Waals surface area contributed by atoms with Crippen molar-refractivity contribution in [2.45, 2.75) is 11.6 Å². The van der Waals surface area contributed by atoms with Gasteiger partial charge in [0, 0.05) is 5.69 Å². The quantitative estimate of drug-likeness (QED) is 0.696. The smallest absolute Gasteiger partial charge is 0.266 e. The molecule has 2 unspecified atom stereocenters. The van der Waals surface area contributed by atoms with Gasteiger partial charge in [0.15, 0.2) is 5.60 Å². The fourth-order valence-electron chi connectivity index (χ4n) is 2.84. The minimum absolute atomic E-state index is 0.353. The molecule has 1 aliphatic rings. The van der Waals surface area contributed by atoms with Crippen LogP contribution in [0.3, 0.4) is 0 Å². The number of β-lactam (4-membered cyclic amide) rings is 1. The Morgan fingerprint density at radius 1 is 1.18 bits per heavy atom. The Balaban J connectivity index is 1.97. The van der Waals surface area contributed by atoms with Crippen molar-refractivity contribution < 1.29 is 14.6 Å². The lowest BCUT2D eigenvalue weighted by Crippen LogP contribution is -2.71. The summed E-state index contributed by atoms with van der Waals surface area (Å²) < 4.78 is 5.11. The molecule has 22 heavy (non-hydrogen) atoms. The molecule has 1 amide bonds. The maximum atomic E-state index is 12.6. The van der Waals surface area contributed by atoms with E-state index in [1.54, 1.807) is 42.4 Å². The van der Waals surface area contributed by atoms with Gasteiger partial charge in [-0.05, 0) is 29.8 Å². The van der Waals surface area contributed by atoms with E-state index in [1.165, 1.54) is 0 Å². The molecule has 1 fully saturated rings. The van der Waals surface area contributed by atoms with Crippen LogP contribution in [0.15, 0.2) is 67.3 Å². The molecule has 0 aliphatic carbocycles. The molecule has 0 radical (unpaired) electrons. The van der Waals surface area contributed by atoms with E-state index in [-0.39, 0.29) is 5.91 Å². The molecular weight excluding hydrogens is 278 g/mol. The minimum Gasteiger partial charge on any atom is -0.497 e. The van der Waals surface area contributed by atoms with Gasteiger partial charge in [-0.2, -0.15) is 0 Å². The third kappa shape index (κ3) is 1.92. The van der Waals surface area contributed by atoms with Crippen LogP contribution >= 0.6 is 0 Å². The van der Waals surface area contributed by atoms with Gasteiger partial charge in [0.2, 0.25) is 0 Å². The molecule has 4 heteroatoms. The summed E-state index contributed by atoms with van der Waals surface area (Å²) in [5.41, 5.74) is -0.296. The maximum Gasteiger partial charge on any atom is 0.266 e. The van der Waals surface area contributed by atoms with Crippen LogP contribution in [0.2, 0.25) is 0 Å². The van der Waals surface area contributed by atoms with E-state index in [1.807, 2.05) is 30.3 Å². The lowest BCUT2D eigenvalue weighted by Gasteiger charge is -2.51. The van der Waals surface area contributed by atoms with E-state index >= 15 is 0 Å². The Bertz CT molecular complexity index is 696. The molecule has 0 aromatic heterocycles. The van der Waals surface area contributed by atoms with Crippen molar-refractivity contribution in [1.29, 1.82) is 0 Å². The number of aliphatic hydroxyl groups is 1. The molecule has 0 spiro atoms. The number of hydrogen-bond donors (Lipinski definition) is 1. The van der Waals surface area contributed by atoms with Crippen LogP contribution in [0, 0.1) is 0 Å². The first kappa shape index (κ1) is 14.4. The molecule has 0 saturated carbocycles. The molecule has 1 aliphatic heterocycles. The monoisotopic (exact) mass is 295 g/mol. The molecule has 3 rings (SSSR count). The highest BCUT2D eigenvalue weighted by molar-refractivity contribution is 6.09. The van der Waals surface area contributed by atoms with E-state index < -0.39 is 11.6 Å². The summed E-state index contributed by atoms with van der Waals surface area (Å²) in [6.45, 7) is 3.77. The number of para-hydroxylation sites is 1. The standard InChI is InChI=1S/C18H17NO3/c1-3-16-18(21,13-9-11-15(22-2)12-10-13)17(20)19(16)14-7-5-4-6-8-14/h3-12,16,21H,1H2,2H3. The first-order valence-electron chi connectivity index (χ1n) is 7.01. The second-order valence-electron chi connectivity index (χ2n) is 5.19. The molecule has 4 nitrogen and oxygen atoms in total. The number of amides is 1. The highest BCUT2D eigenvalue weighted by atomic mass is 16.5. The second kappa shape index (κ2) is 5.31. The highest BCUT2D eigenvalue weighted by Crippen LogP contribution is 2.43. The summed E-state index contributed by atoms with van der Waals surface area (Å²) in [6, 6.07) is 15.6. The van der Waals surface area contributed by atoms with Gasteiger partial charge in [0.25, 0.3) is 5.91 Å². The Morgan fingerprint density at radius 3 is 2.36 bits per heavy atom. The normalized spacial score (nSPS) is 23.8. The summed E-state index contributed by atoms with van der Waals surface area (Å²) in [4.78, 5) is 14.2. The predicted octanol–water partition coefficient (Wildman–Crippen LogP) is 2.48. The molecule has 2 aromatic carbocycles. The first-order valence-corrected chi connectivity index (χ1v) is 7.01. The summed E-state index contributed by atoms with van der Waals surface area (Å²) in [6.07, 6.45) is 1.60. The van der Waals surface area contributed by atoms with Gasteiger partial charge in [-0.1, -0.05) is 36.4 Å². The van der Waals surface area contributed by atoms with Crippen molar-refractivity contribution in [1.82, 2.24) is 0 Å². The molecule has 1 saturated heterocycles. The van der Waals surface area contributed by atoms with Crippen LogP contribution in [0.25, 0.3) is 0 Å². The SMILES string of the molecule is C=CC1N(c2ccccc2)C(=O)C1(O)c1ccc(OC)cc1. The van der Waals surface area contributed by atoms with Crippen LogP contribution in [-0.2, 0) is 10.4 Å². The van der Waals surface area contributed by atoms with Crippen molar-refractivity contribution >= 4 is 11.6 Å². The number of carbonyl (C=O) groups is 1. The maximum absolute atomic E-state index is 12.6. The average Bonchev–Trinajstić information content (AvgIpc) is 2.59. The molecule has 2 atom stereocenters. The van der Waals surface area contributed by atoms with Crippen molar-refractivity contribution in [2.75, 3.05) is 12.0 Å². The summed E-state index contributed by atoms with van der Waals surface area (Å²) in [5, 5.41) is 10.9. The van der Waals surface area contributed by atoms with E-state index in [0.29, 0.717) is 11.3 Å². The topological polar surface area (TPSA) is 49.8 Å². The third-order valence-corrected chi connectivity index (χ3v) is 4.04. The number of ether oxygens (including phenoxy) is 1. The molecule has 0 bridgehead atoms. The predicted molar refractivity (Wildman–Crippen MR) is 84.8 cm³/mol. The Kier molecular flexibility index (Phi) is 3.47. The zero-order valence-corrected chi connectivity index (χ0v) is 12.3. The number of hydrogen-bond acceptors (Lipinski definition) is 3. The van der Waals surface area contributed by atoms with Crippen LogP contribution in [-0.4, -0.2) is 24.2 Å². The molecule has 112 valence electrons. The fraction of sp³-hybridized carbons (Fsp3) is 0.167. The molecular formula is C18H17NO3. The van der Waals surface area contributed by atoms with Gasteiger partial charge >= 0.3 is 0 Å². The van der Waals surface area contributed by atoms with Gasteiger partial charge in [-0.15, -0.1) is 6.58 Å². The minimum atomic E-state index is -1.58. The van der Waals surface area contributed by atoms with Crippen LogP contribution in [0.5, 0.6) is 5.75 Å². The van der Waals surface area contributed by atoms with Gasteiger partial charge in [-0.3, -0.25) is 9.69 Å². The van der Waals surface area contributed by atoms with E-state index in [0.717, 1.165) is 5.69 Å². The number of rotatable bonds is 4. The fourth-order valence-corrected chi connectivity index (χ4v) is 2.84. The van der Waals surface area contributed by atoms with Crippen LogP contribution < -0.4 is 9.64 Å². The molecule has 1 heterocycles. The Hall–Kier alpha value is -2.59. The molecule has 1 N–H and O–H groups in total. The van der Waals surface area contributed by atoms with Crippen molar-refractivity contribution in [3.05, 3.63) is 72.8 Å². The largest absolute Gasteiger partial charge is 0.497 e. The summed E-state index contributed by atoms with van der Waals surface area (Å²) in [5.74, 6) is 0.322. The Morgan fingerprint density at radius 2 is 1.82 bits per heavy atom. The molecule has 2 aromatic rings. The van der Waals surface area contributed by atoms with E-state index in [2.05, 4.69) is 6.58 Å². The first-order chi connectivity index (χ1) is 10.6. The Labute approximate surface area is 129 Å². The van der Waals surface area contributed by atoms with Crippen LogP contribution in [0.1, 0.15) is 5.56 Å². The van der Waals surface area contributed by atoms with Crippen LogP contribution in [0.4, 0.5) is 5.69 Å². The summed E-state index contributed by atoms with van der Waals surface area (Å²) in [7, 11) is 1.57. The van der Waals surface area contributed by atoms with E-state index in [4.69, 9.17) is 4.74 Å². The van der Waals surface area contributed by atoms with E-state index in [9.17, 15) is 9.90 Å². The number of anilines is 1. The van der Waals surface area contributed by atoms with Crippen molar-refractivity contribution in [3.63, 3.8) is 0 Å². The number of carbonyl (C=O) groups excluding carboxylic acids is 1. The third-order valence-electron chi connectivity index (χ3n) is 4.04. The van der Waals surface area contributed by atoms with Gasteiger partial charge in [0.05, 0.1) is 13.2 Å². The van der Waals surface area contributed by atoms with Crippen molar-refractivity contribution in [3.8, 4) is 5.75 Å². The average molecular weight is 295 g/mol. The number of nitrogens with zero attached hydrogens (tertiary/aromatic N) is 1. The number of methoxy groups -OCH3 is 1. The highest BCUT2D eigenvalue weighted by Gasteiger charge is 2.60. The lowest BCUT2D eigenvalue weighted by atomic mass is 9.76. The van der Waals surface area contributed by atoms with Crippen molar-refractivity contribution in [2.24, 2.45) is 0 Å². The second-order valence-corrected chi connectivity index (χ2v) is 5.19. The zero-order chi connectivity index (χ0) is 15.7. The van der Waals surface area contributed by atoms with Gasteiger partial charge in [0.1, 0.15) is 5.75 Å².